The van der Waals surface area contributed by atoms with Crippen molar-refractivity contribution in [3.63, 3.8) is 0 Å². The number of carbonyl (C=O) groups is 1. The molecule has 0 bridgehead atoms. The van der Waals surface area contributed by atoms with E-state index in [0.29, 0.717) is 6.54 Å². The molecule has 6 heteroatoms. The fourth-order valence-electron chi connectivity index (χ4n) is 7.73. The second-order valence-corrected chi connectivity index (χ2v) is 13.0. The predicted octanol–water partition coefficient (Wildman–Crippen LogP) is 9.31. The zero-order chi connectivity index (χ0) is 31.8. The Kier molecular flexibility index (Phi) is 5.94. The number of rotatable bonds is 4. The molecule has 1 amide bonds. The van der Waals surface area contributed by atoms with E-state index in [-0.39, 0.29) is 12.3 Å². The molecule has 1 atom stereocenters. The highest BCUT2D eigenvalue weighted by atomic mass is 16.5. The van der Waals surface area contributed by atoms with E-state index in [2.05, 4.69) is 108 Å². The van der Waals surface area contributed by atoms with Gasteiger partial charge in [0.05, 0.1) is 11.6 Å². The largest absolute Gasteiger partial charge is 0.459 e. The lowest BCUT2D eigenvalue weighted by molar-refractivity contribution is -0.116. The Hall–Kier alpha value is -5.75. The van der Waals surface area contributed by atoms with Gasteiger partial charge in [0.1, 0.15) is 11.4 Å². The molecule has 3 heterocycles. The van der Waals surface area contributed by atoms with Gasteiger partial charge >= 0.3 is 0 Å². The monoisotopic (exact) mass is 612 g/mol. The van der Waals surface area contributed by atoms with Crippen LogP contribution >= 0.6 is 0 Å². The predicted molar refractivity (Wildman–Crippen MR) is 192 cm³/mol. The molecule has 1 unspecified atom stereocenters. The molecular formula is C41H32N4O2. The fourth-order valence-corrected chi connectivity index (χ4v) is 7.73. The van der Waals surface area contributed by atoms with Gasteiger partial charge in [-0.25, -0.2) is 0 Å². The average molecular weight is 613 g/mol. The van der Waals surface area contributed by atoms with Crippen LogP contribution in [0, 0.1) is 0 Å². The lowest BCUT2D eigenvalue weighted by Gasteiger charge is -2.46. The Morgan fingerprint density at radius 3 is 2.40 bits per heavy atom. The van der Waals surface area contributed by atoms with Gasteiger partial charge < -0.3 is 15.0 Å². The summed E-state index contributed by atoms with van der Waals surface area (Å²) >= 11 is 0. The van der Waals surface area contributed by atoms with E-state index in [1.807, 2.05) is 42.7 Å². The summed E-state index contributed by atoms with van der Waals surface area (Å²) in [5.74, 6) is 0.662. The number of nitrogens with one attached hydrogen (secondary N) is 1. The summed E-state index contributed by atoms with van der Waals surface area (Å²) in [4.78, 5) is 25.4. The molecular weight excluding hydrogens is 580 g/mol. The van der Waals surface area contributed by atoms with Crippen molar-refractivity contribution >= 4 is 72.3 Å². The van der Waals surface area contributed by atoms with E-state index in [9.17, 15) is 4.79 Å². The molecule has 2 aliphatic heterocycles. The third-order valence-electron chi connectivity index (χ3n) is 10.2. The SMILES string of the molecule is CC1(C)c2ccccc2N(CCC(=O)Nc2cc3c4ccccc4ccc3c3ccccc23)C12C=Nc1c(ccc3cnccc13)O2. The zero-order valence-corrected chi connectivity index (χ0v) is 26.2. The number of fused-ring (bicyclic) bond motifs is 9. The Morgan fingerprint density at radius 1 is 0.766 bits per heavy atom. The van der Waals surface area contributed by atoms with Crippen molar-refractivity contribution in [2.75, 3.05) is 16.8 Å². The third-order valence-corrected chi connectivity index (χ3v) is 10.2. The summed E-state index contributed by atoms with van der Waals surface area (Å²) in [5.41, 5.74) is 2.46. The quantitative estimate of drug-likeness (QED) is 0.201. The van der Waals surface area contributed by atoms with E-state index < -0.39 is 11.1 Å². The zero-order valence-electron chi connectivity index (χ0n) is 26.2. The van der Waals surface area contributed by atoms with Crippen molar-refractivity contribution in [3.05, 3.63) is 127 Å². The van der Waals surface area contributed by atoms with Crippen molar-refractivity contribution < 1.29 is 9.53 Å². The maximum absolute atomic E-state index is 13.9. The number of aromatic nitrogens is 1. The van der Waals surface area contributed by atoms with Gasteiger partial charge in [-0.1, -0.05) is 78.9 Å². The summed E-state index contributed by atoms with van der Waals surface area (Å²) in [7, 11) is 0. The number of aliphatic imine (C=N–C) groups is 1. The first-order chi connectivity index (χ1) is 22.9. The van der Waals surface area contributed by atoms with Crippen LogP contribution in [-0.4, -0.2) is 29.4 Å². The Labute approximate surface area is 272 Å². The molecule has 1 aromatic heterocycles. The van der Waals surface area contributed by atoms with Crippen LogP contribution in [-0.2, 0) is 10.2 Å². The third kappa shape index (κ3) is 4.01. The van der Waals surface area contributed by atoms with Gasteiger partial charge in [-0.2, -0.15) is 0 Å². The molecule has 6 aromatic carbocycles. The summed E-state index contributed by atoms with van der Waals surface area (Å²) in [6, 6.07) is 37.5. The number of ether oxygens (including phenoxy) is 1. The fraction of sp³-hybridized carbons (Fsp3) is 0.146. The van der Waals surface area contributed by atoms with Crippen LogP contribution in [0.25, 0.3) is 43.1 Å². The van der Waals surface area contributed by atoms with Crippen molar-refractivity contribution in [1.82, 2.24) is 4.98 Å². The normalized spacial score (nSPS) is 17.7. The van der Waals surface area contributed by atoms with E-state index in [4.69, 9.17) is 9.73 Å². The van der Waals surface area contributed by atoms with Crippen molar-refractivity contribution in [2.45, 2.75) is 31.4 Å². The molecule has 0 saturated carbocycles. The molecule has 0 fully saturated rings. The first-order valence-corrected chi connectivity index (χ1v) is 16.1. The second kappa shape index (κ2) is 10.1. The van der Waals surface area contributed by atoms with Gasteiger partial charge in [0, 0.05) is 52.9 Å². The van der Waals surface area contributed by atoms with Gasteiger partial charge in [0.15, 0.2) is 0 Å². The number of pyridine rings is 1. The van der Waals surface area contributed by atoms with E-state index in [1.54, 1.807) is 6.20 Å². The molecule has 47 heavy (non-hydrogen) atoms. The number of carbonyl (C=O) groups excluding carboxylic acids is 1. The Morgan fingerprint density at radius 2 is 1.51 bits per heavy atom. The number of amides is 1. The number of anilines is 2. The first-order valence-electron chi connectivity index (χ1n) is 16.1. The van der Waals surface area contributed by atoms with Gasteiger partial charge in [-0.05, 0) is 76.7 Å². The molecule has 0 radical (unpaired) electrons. The minimum atomic E-state index is -0.917. The van der Waals surface area contributed by atoms with Crippen LogP contribution in [0.4, 0.5) is 17.1 Å². The lowest BCUT2D eigenvalue weighted by Crippen LogP contribution is -2.62. The highest BCUT2D eigenvalue weighted by Gasteiger charge is 2.59. The van der Waals surface area contributed by atoms with Crippen molar-refractivity contribution in [1.29, 1.82) is 0 Å². The van der Waals surface area contributed by atoms with Crippen LogP contribution < -0.4 is 15.0 Å². The van der Waals surface area contributed by atoms with Crippen LogP contribution in [0.2, 0.25) is 0 Å². The molecule has 6 nitrogen and oxygen atoms in total. The summed E-state index contributed by atoms with van der Waals surface area (Å²) < 4.78 is 7.02. The van der Waals surface area contributed by atoms with E-state index in [1.165, 1.54) is 16.2 Å². The maximum atomic E-state index is 13.9. The number of hydrogen-bond acceptors (Lipinski definition) is 5. The number of nitrogens with zero attached hydrogens (tertiary/aromatic N) is 3. The first kappa shape index (κ1) is 27.6. The topological polar surface area (TPSA) is 66.8 Å². The van der Waals surface area contributed by atoms with Gasteiger partial charge in [0.25, 0.3) is 0 Å². The molecule has 2 aliphatic rings. The standard InChI is InChI=1S/C41H32N4O2/c1-40(2)34-13-7-8-14-36(34)45(41(40)25-43-39-29-19-21-42-24-27(29)16-18-37(39)47-41)22-20-38(46)44-35-23-33-28-10-4-3-9-26(28)15-17-31(33)30-11-5-6-12-32(30)35/h3-19,21,23-25H,20,22H2,1-2H3,(H,44,46). The number of hydrogen-bond donors (Lipinski definition) is 1. The smallest absolute Gasteiger partial charge is 0.228 e. The minimum absolute atomic E-state index is 0.0567. The van der Waals surface area contributed by atoms with E-state index >= 15 is 0 Å². The molecule has 7 aromatic rings. The Balaban J connectivity index is 1.08. The van der Waals surface area contributed by atoms with E-state index in [0.717, 1.165) is 55.3 Å². The number of para-hydroxylation sites is 1. The lowest BCUT2D eigenvalue weighted by atomic mass is 9.77. The number of benzene rings is 6. The average Bonchev–Trinajstić information content (AvgIpc) is 3.28. The van der Waals surface area contributed by atoms with Crippen LogP contribution in [0.1, 0.15) is 25.8 Å². The summed E-state index contributed by atoms with van der Waals surface area (Å²) in [6.45, 7) is 4.83. The van der Waals surface area contributed by atoms with Gasteiger partial charge in [-0.15, -0.1) is 0 Å². The summed E-state index contributed by atoms with van der Waals surface area (Å²) in [6.07, 6.45) is 5.83. The summed E-state index contributed by atoms with van der Waals surface area (Å²) in [5, 5.41) is 12.1. The minimum Gasteiger partial charge on any atom is -0.459 e. The van der Waals surface area contributed by atoms with Crippen LogP contribution in [0.5, 0.6) is 5.75 Å². The van der Waals surface area contributed by atoms with Crippen LogP contribution in [0.15, 0.2) is 127 Å². The molecule has 0 aliphatic carbocycles. The maximum Gasteiger partial charge on any atom is 0.228 e. The van der Waals surface area contributed by atoms with Gasteiger partial charge in [0.2, 0.25) is 11.6 Å². The molecule has 9 rings (SSSR count). The molecule has 228 valence electrons. The highest BCUT2D eigenvalue weighted by Crippen LogP contribution is 2.54. The van der Waals surface area contributed by atoms with Crippen molar-refractivity contribution in [2.24, 2.45) is 4.99 Å². The van der Waals surface area contributed by atoms with Crippen LogP contribution in [0.3, 0.4) is 0 Å². The highest BCUT2D eigenvalue weighted by molar-refractivity contribution is 6.21. The molecule has 1 spiro atoms. The van der Waals surface area contributed by atoms with Gasteiger partial charge in [-0.3, -0.25) is 14.8 Å². The second-order valence-electron chi connectivity index (χ2n) is 13.0. The van der Waals surface area contributed by atoms with Crippen molar-refractivity contribution in [3.8, 4) is 5.75 Å². The molecule has 0 saturated heterocycles. The molecule has 1 N–H and O–H groups in total. The Bertz CT molecular complexity index is 2450.